The lowest BCUT2D eigenvalue weighted by Gasteiger charge is -2.66. The number of fused-ring (bicyclic) bond motifs is 3. The quantitative estimate of drug-likeness (QED) is 0.391. The van der Waals surface area contributed by atoms with Crippen LogP contribution in [0.5, 0.6) is 0 Å². The number of Topliss-reactive ketones (excluding diaryl/α,β-unsaturated/α-hetero) is 2. The first-order valence-electron chi connectivity index (χ1n) is 13.5. The Hall–Kier alpha value is -2.41. The Balaban J connectivity index is 1.54. The molecule has 200 valence electrons. The van der Waals surface area contributed by atoms with Gasteiger partial charge >= 0.3 is 5.97 Å². The van der Waals surface area contributed by atoms with Crippen LogP contribution in [0.2, 0.25) is 0 Å². The van der Waals surface area contributed by atoms with Gasteiger partial charge in [-0.1, -0.05) is 34.3 Å². The van der Waals surface area contributed by atoms with Crippen LogP contribution >= 0.6 is 0 Å². The Morgan fingerprint density at radius 2 is 1.81 bits per heavy atom. The fraction of sp³-hybridized carbons (Fsp3) is 0.700. The summed E-state index contributed by atoms with van der Waals surface area (Å²) in [7, 11) is 0. The molecule has 0 radical (unpaired) electrons. The summed E-state index contributed by atoms with van der Waals surface area (Å²) < 4.78 is 24.4. The fourth-order valence-corrected chi connectivity index (χ4v) is 9.83. The minimum atomic E-state index is -0.869. The molecule has 7 heteroatoms. The Morgan fingerprint density at radius 3 is 2.46 bits per heavy atom. The number of hydrogen-bond acceptors (Lipinski definition) is 7. The molecule has 2 saturated heterocycles. The van der Waals surface area contributed by atoms with Crippen LogP contribution in [-0.2, 0) is 28.6 Å². The smallest absolute Gasteiger partial charge is 0.302 e. The standard InChI is InChI=1S/C30H38O7/c1-16-24-30(37-24)27(5,25(35-16)18-9-11-34-15-18)10-8-20-28(6)21(13-22(33)29(20,30)7)26(3,4)14-19(32)12-23(28)36-17(2)31/h9,11,15,20-21,23-25H,1,8,10,12-14H2,2-7H3/t20?,21?,23?,24?,25-,27-,28?,29?,30?/m0/s1. The van der Waals surface area contributed by atoms with E-state index in [0.29, 0.717) is 18.6 Å². The lowest BCUT2D eigenvalue weighted by Crippen LogP contribution is -2.71. The van der Waals surface area contributed by atoms with Gasteiger partial charge in [-0.3, -0.25) is 14.4 Å². The van der Waals surface area contributed by atoms with E-state index in [2.05, 4.69) is 41.2 Å². The number of epoxide rings is 1. The molecule has 0 aromatic carbocycles. The first kappa shape index (κ1) is 24.9. The third-order valence-electron chi connectivity index (χ3n) is 11.4. The molecule has 7 unspecified atom stereocenters. The van der Waals surface area contributed by atoms with Crippen molar-refractivity contribution in [3.05, 3.63) is 36.5 Å². The maximum atomic E-state index is 14.5. The number of furan rings is 1. The van der Waals surface area contributed by atoms with Gasteiger partial charge in [-0.15, -0.1) is 0 Å². The maximum Gasteiger partial charge on any atom is 0.302 e. The number of esters is 1. The van der Waals surface area contributed by atoms with Crippen molar-refractivity contribution in [2.75, 3.05) is 0 Å². The summed E-state index contributed by atoms with van der Waals surface area (Å²) in [5.41, 5.74) is -2.25. The molecule has 1 aromatic heterocycles. The molecule has 0 N–H and O–H groups in total. The molecule has 1 aromatic rings. The fourth-order valence-electron chi connectivity index (χ4n) is 9.83. The lowest BCUT2D eigenvalue weighted by molar-refractivity contribution is -0.228. The van der Waals surface area contributed by atoms with Crippen LogP contribution in [0, 0.1) is 33.5 Å². The van der Waals surface area contributed by atoms with Crippen molar-refractivity contribution in [2.45, 2.75) is 97.6 Å². The van der Waals surface area contributed by atoms with Crippen LogP contribution in [0.3, 0.4) is 0 Å². The van der Waals surface area contributed by atoms with Crippen LogP contribution < -0.4 is 0 Å². The molecule has 3 saturated carbocycles. The number of ketones is 2. The van der Waals surface area contributed by atoms with Gasteiger partial charge in [0.25, 0.3) is 0 Å². The van der Waals surface area contributed by atoms with Crippen LogP contribution in [0.4, 0.5) is 0 Å². The van der Waals surface area contributed by atoms with Crippen LogP contribution in [-0.4, -0.2) is 35.3 Å². The molecule has 6 rings (SSSR count). The predicted octanol–water partition coefficient (Wildman–Crippen LogP) is 5.34. The summed E-state index contributed by atoms with van der Waals surface area (Å²) in [6, 6.07) is 1.91. The zero-order valence-corrected chi connectivity index (χ0v) is 22.7. The summed E-state index contributed by atoms with van der Waals surface area (Å²) in [6.07, 6.45) is 4.36. The highest BCUT2D eigenvalue weighted by Crippen LogP contribution is 2.80. The van der Waals surface area contributed by atoms with E-state index in [4.69, 9.17) is 18.6 Å². The number of carbonyl (C=O) groups excluding carboxylic acids is 3. The summed E-state index contributed by atoms with van der Waals surface area (Å²) in [5, 5.41) is 0. The highest BCUT2D eigenvalue weighted by atomic mass is 16.7. The largest absolute Gasteiger partial charge is 0.487 e. The van der Waals surface area contributed by atoms with Crippen molar-refractivity contribution in [3.63, 3.8) is 0 Å². The normalized spacial score (nSPS) is 47.9. The Morgan fingerprint density at radius 1 is 1.08 bits per heavy atom. The minimum absolute atomic E-state index is 0.0832. The third-order valence-corrected chi connectivity index (χ3v) is 11.4. The molecular weight excluding hydrogens is 472 g/mol. The topological polar surface area (TPSA) is 95.3 Å². The predicted molar refractivity (Wildman–Crippen MR) is 133 cm³/mol. The van der Waals surface area contributed by atoms with Gasteiger partial charge < -0.3 is 18.6 Å². The van der Waals surface area contributed by atoms with E-state index in [1.54, 1.807) is 12.5 Å². The summed E-state index contributed by atoms with van der Waals surface area (Å²) >= 11 is 0. The average molecular weight is 511 g/mol. The molecule has 1 spiro atoms. The molecule has 0 bridgehead atoms. The van der Waals surface area contributed by atoms with Gasteiger partial charge in [0.1, 0.15) is 41.2 Å². The second kappa shape index (κ2) is 7.37. The monoisotopic (exact) mass is 510 g/mol. The summed E-state index contributed by atoms with van der Waals surface area (Å²) in [5.74, 6) is 0.146. The zero-order valence-electron chi connectivity index (χ0n) is 22.7. The number of ether oxygens (including phenoxy) is 3. The van der Waals surface area contributed by atoms with Crippen molar-refractivity contribution >= 4 is 17.5 Å². The van der Waals surface area contributed by atoms with Crippen LogP contribution in [0.25, 0.3) is 0 Å². The molecule has 7 nitrogen and oxygen atoms in total. The zero-order chi connectivity index (χ0) is 26.8. The molecule has 5 fully saturated rings. The van der Waals surface area contributed by atoms with Crippen molar-refractivity contribution in [1.82, 2.24) is 0 Å². The first-order valence-corrected chi connectivity index (χ1v) is 13.5. The molecule has 3 heterocycles. The van der Waals surface area contributed by atoms with Gasteiger partial charge in [0.05, 0.1) is 17.9 Å². The SMILES string of the molecule is C=C1O[C@@H](c2ccoc2)[C@]2(C)CCC3C4(C)C(OC(C)=O)CC(=O)CC(C)(C)C4CC(=O)C3(C)C23OC13. The number of carbonyl (C=O) groups is 3. The second-order valence-electron chi connectivity index (χ2n) is 13.5. The minimum Gasteiger partial charge on any atom is -0.487 e. The molecular formula is C30H38O7. The lowest BCUT2D eigenvalue weighted by atomic mass is 9.36. The summed E-state index contributed by atoms with van der Waals surface area (Å²) in [4.78, 5) is 40.0. The van der Waals surface area contributed by atoms with Gasteiger partial charge in [-0.2, -0.15) is 0 Å². The van der Waals surface area contributed by atoms with E-state index >= 15 is 0 Å². The van der Waals surface area contributed by atoms with Crippen molar-refractivity contribution < 1.29 is 33.0 Å². The highest BCUT2D eigenvalue weighted by Gasteiger charge is 2.87. The van der Waals surface area contributed by atoms with E-state index in [9.17, 15) is 14.4 Å². The van der Waals surface area contributed by atoms with Gasteiger partial charge in [0.15, 0.2) is 0 Å². The van der Waals surface area contributed by atoms with E-state index in [-0.39, 0.29) is 42.0 Å². The molecule has 5 aliphatic rings. The average Bonchev–Trinajstić information content (AvgIpc) is 3.38. The number of hydrogen-bond donors (Lipinski definition) is 0. The van der Waals surface area contributed by atoms with Gasteiger partial charge in [-0.25, -0.2) is 0 Å². The van der Waals surface area contributed by atoms with Crippen molar-refractivity contribution in [3.8, 4) is 0 Å². The van der Waals surface area contributed by atoms with E-state index in [1.807, 2.05) is 6.07 Å². The summed E-state index contributed by atoms with van der Waals surface area (Å²) in [6.45, 7) is 16.2. The van der Waals surface area contributed by atoms with E-state index in [1.165, 1.54) is 6.92 Å². The maximum absolute atomic E-state index is 14.5. The first-order chi connectivity index (χ1) is 17.2. The van der Waals surface area contributed by atoms with E-state index < -0.39 is 39.3 Å². The molecule has 37 heavy (non-hydrogen) atoms. The molecule has 0 amide bonds. The Labute approximate surface area is 218 Å². The Bertz CT molecular complexity index is 1200. The Kier molecular flexibility index (Phi) is 4.96. The molecule has 3 aliphatic carbocycles. The van der Waals surface area contributed by atoms with Crippen LogP contribution in [0.1, 0.15) is 85.3 Å². The second-order valence-corrected chi connectivity index (χ2v) is 13.5. The molecule has 2 aliphatic heterocycles. The third kappa shape index (κ3) is 2.84. The van der Waals surface area contributed by atoms with Crippen LogP contribution in [0.15, 0.2) is 35.3 Å². The van der Waals surface area contributed by atoms with Gasteiger partial charge in [-0.05, 0) is 43.1 Å². The highest BCUT2D eigenvalue weighted by molar-refractivity contribution is 5.90. The van der Waals surface area contributed by atoms with Gasteiger partial charge in [0, 0.05) is 42.6 Å². The number of rotatable bonds is 2. The molecule has 9 atom stereocenters. The van der Waals surface area contributed by atoms with E-state index in [0.717, 1.165) is 18.4 Å². The van der Waals surface area contributed by atoms with Crippen molar-refractivity contribution in [2.24, 2.45) is 33.5 Å². The van der Waals surface area contributed by atoms with Gasteiger partial charge in [0.2, 0.25) is 0 Å². The van der Waals surface area contributed by atoms with Crippen molar-refractivity contribution in [1.29, 1.82) is 0 Å².